The lowest BCUT2D eigenvalue weighted by Crippen LogP contribution is -2.29. The lowest BCUT2D eigenvalue weighted by Gasteiger charge is -2.26. The molecule has 1 heterocycles. The van der Waals surface area contributed by atoms with Crippen molar-refractivity contribution >= 4 is 69.5 Å². The molecule has 5 nitrogen and oxygen atoms in total. The molecule has 1 saturated heterocycles. The molecule has 3 aromatic carbocycles. The quantitative estimate of drug-likeness (QED) is 0.218. The molecule has 0 bridgehead atoms. The molecule has 34 heavy (non-hydrogen) atoms. The van der Waals surface area contributed by atoms with Crippen LogP contribution in [0.25, 0.3) is 5.76 Å². The SMILES string of the molecule is COc1c(Cl)cc(Cl)cc1/C(O)=C1\C(=O)C(=O)N(c2cc(Cl)cc(Cl)c2)C1c1ccccc1F. The molecule has 4 rings (SSSR count). The van der Waals surface area contributed by atoms with Crippen molar-refractivity contribution in [2.24, 2.45) is 0 Å². The lowest BCUT2D eigenvalue weighted by atomic mass is 9.94. The Hall–Kier alpha value is -2.77. The molecule has 3 aromatic rings. The number of aliphatic hydroxyl groups excluding tert-OH is 1. The zero-order valence-electron chi connectivity index (χ0n) is 17.3. The average Bonchev–Trinajstić information content (AvgIpc) is 3.03. The molecule has 10 heteroatoms. The van der Waals surface area contributed by atoms with E-state index in [1.54, 1.807) is 6.07 Å². The minimum absolute atomic E-state index is 0.0212. The van der Waals surface area contributed by atoms with E-state index >= 15 is 0 Å². The number of ether oxygens (including phenoxy) is 1. The number of halogens is 5. The van der Waals surface area contributed by atoms with Crippen LogP contribution in [0, 0.1) is 5.82 Å². The Bertz CT molecular complexity index is 1350. The zero-order valence-corrected chi connectivity index (χ0v) is 20.3. The third-order valence-electron chi connectivity index (χ3n) is 5.24. The maximum Gasteiger partial charge on any atom is 0.300 e. The minimum Gasteiger partial charge on any atom is -0.507 e. The number of benzene rings is 3. The molecule has 0 saturated carbocycles. The van der Waals surface area contributed by atoms with Crippen molar-refractivity contribution in [1.82, 2.24) is 0 Å². The second-order valence-electron chi connectivity index (χ2n) is 7.29. The molecule has 1 unspecified atom stereocenters. The summed E-state index contributed by atoms with van der Waals surface area (Å²) in [5.41, 5.74) is -0.319. The van der Waals surface area contributed by atoms with Gasteiger partial charge in [-0.15, -0.1) is 0 Å². The van der Waals surface area contributed by atoms with Gasteiger partial charge in [0.25, 0.3) is 11.7 Å². The van der Waals surface area contributed by atoms with Crippen molar-refractivity contribution in [2.75, 3.05) is 12.0 Å². The van der Waals surface area contributed by atoms with E-state index in [9.17, 15) is 19.1 Å². The van der Waals surface area contributed by atoms with E-state index in [4.69, 9.17) is 51.1 Å². The van der Waals surface area contributed by atoms with Crippen molar-refractivity contribution < 1.29 is 23.8 Å². The topological polar surface area (TPSA) is 66.8 Å². The van der Waals surface area contributed by atoms with Gasteiger partial charge >= 0.3 is 0 Å². The van der Waals surface area contributed by atoms with Crippen molar-refractivity contribution in [2.45, 2.75) is 6.04 Å². The van der Waals surface area contributed by atoms with Crippen LogP contribution >= 0.6 is 46.4 Å². The second kappa shape index (κ2) is 9.47. The molecule has 0 aromatic heterocycles. The number of methoxy groups -OCH3 is 1. The van der Waals surface area contributed by atoms with Crippen LogP contribution in [0.3, 0.4) is 0 Å². The van der Waals surface area contributed by atoms with Crippen LogP contribution < -0.4 is 9.64 Å². The Kier molecular flexibility index (Phi) is 6.78. The summed E-state index contributed by atoms with van der Waals surface area (Å²) < 4.78 is 20.3. The predicted octanol–water partition coefficient (Wildman–Crippen LogP) is 7.07. The fourth-order valence-corrected chi connectivity index (χ4v) is 4.94. The summed E-state index contributed by atoms with van der Waals surface area (Å²) in [7, 11) is 1.31. The molecule has 1 fully saturated rings. The highest BCUT2D eigenvalue weighted by molar-refractivity contribution is 6.52. The van der Waals surface area contributed by atoms with E-state index < -0.39 is 29.3 Å². The van der Waals surface area contributed by atoms with Crippen LogP contribution in [-0.4, -0.2) is 23.9 Å². The Morgan fingerprint density at radius 2 is 1.59 bits per heavy atom. The summed E-state index contributed by atoms with van der Waals surface area (Å²) in [4.78, 5) is 27.5. The highest BCUT2D eigenvalue weighted by Crippen LogP contribution is 2.46. The van der Waals surface area contributed by atoms with Crippen molar-refractivity contribution in [3.8, 4) is 5.75 Å². The second-order valence-corrected chi connectivity index (χ2v) is 9.00. The number of anilines is 1. The van der Waals surface area contributed by atoms with E-state index in [2.05, 4.69) is 0 Å². The van der Waals surface area contributed by atoms with E-state index in [0.29, 0.717) is 0 Å². The number of hydrogen-bond acceptors (Lipinski definition) is 4. The van der Waals surface area contributed by atoms with Crippen LogP contribution in [0.4, 0.5) is 10.1 Å². The molecule has 1 N–H and O–H groups in total. The number of rotatable bonds is 4. The number of Topliss-reactive ketones (excluding diaryl/α,β-unsaturated/α-hetero) is 1. The maximum atomic E-state index is 15.0. The third kappa shape index (κ3) is 4.23. The van der Waals surface area contributed by atoms with Crippen LogP contribution in [0.2, 0.25) is 20.1 Å². The molecule has 0 radical (unpaired) electrons. The van der Waals surface area contributed by atoms with E-state index in [1.807, 2.05) is 0 Å². The monoisotopic (exact) mass is 539 g/mol. The van der Waals surface area contributed by atoms with Gasteiger partial charge in [-0.1, -0.05) is 64.6 Å². The summed E-state index contributed by atoms with van der Waals surface area (Å²) in [6.45, 7) is 0. The number of ketones is 1. The molecular weight excluding hydrogens is 527 g/mol. The summed E-state index contributed by atoms with van der Waals surface area (Å²) in [5, 5.41) is 11.9. The fourth-order valence-electron chi connectivity index (χ4n) is 3.86. The molecule has 1 aliphatic heterocycles. The van der Waals surface area contributed by atoms with Crippen molar-refractivity contribution in [3.05, 3.63) is 97.2 Å². The van der Waals surface area contributed by atoms with Crippen molar-refractivity contribution in [3.63, 3.8) is 0 Å². The standard InChI is InChI=1S/C24H14Cl4FNO4/c1-34-23-16(9-13(27)10-17(23)28)21(31)19-20(15-4-2-3-5-18(15)29)30(24(33)22(19)32)14-7-11(25)6-12(26)8-14/h2-10,20,31H,1H3/b21-19+. The molecule has 1 aliphatic rings. The summed E-state index contributed by atoms with van der Waals surface area (Å²) >= 11 is 24.5. The molecule has 0 spiro atoms. The Balaban J connectivity index is 2.05. The molecular formula is C24H14Cl4FNO4. The number of amides is 1. The highest BCUT2D eigenvalue weighted by atomic mass is 35.5. The number of carbonyl (C=O) groups excluding carboxylic acids is 2. The summed E-state index contributed by atoms with van der Waals surface area (Å²) in [6.07, 6.45) is 0. The van der Waals surface area contributed by atoms with E-state index in [1.165, 1.54) is 55.6 Å². The van der Waals surface area contributed by atoms with Gasteiger partial charge < -0.3 is 9.84 Å². The van der Waals surface area contributed by atoms with Gasteiger partial charge in [0.1, 0.15) is 17.3 Å². The largest absolute Gasteiger partial charge is 0.507 e. The summed E-state index contributed by atoms with van der Waals surface area (Å²) in [5.74, 6) is -3.38. The average molecular weight is 541 g/mol. The van der Waals surface area contributed by atoms with Gasteiger partial charge in [-0.3, -0.25) is 14.5 Å². The predicted molar refractivity (Wildman–Crippen MR) is 131 cm³/mol. The highest BCUT2D eigenvalue weighted by Gasteiger charge is 2.48. The van der Waals surface area contributed by atoms with Gasteiger partial charge in [0.05, 0.1) is 29.3 Å². The van der Waals surface area contributed by atoms with Crippen molar-refractivity contribution in [1.29, 1.82) is 0 Å². The van der Waals surface area contributed by atoms with Gasteiger partial charge in [0.2, 0.25) is 0 Å². The summed E-state index contributed by atoms with van der Waals surface area (Å²) in [6, 6.07) is 11.2. The Morgan fingerprint density at radius 1 is 0.971 bits per heavy atom. The Morgan fingerprint density at radius 3 is 2.21 bits per heavy atom. The van der Waals surface area contributed by atoms with Gasteiger partial charge in [-0.25, -0.2) is 4.39 Å². The molecule has 0 aliphatic carbocycles. The van der Waals surface area contributed by atoms with Crippen LogP contribution in [0.15, 0.2) is 60.2 Å². The number of aliphatic hydroxyl groups is 1. The van der Waals surface area contributed by atoms with Crippen LogP contribution in [0.1, 0.15) is 17.2 Å². The first-order valence-corrected chi connectivity index (χ1v) is 11.2. The smallest absolute Gasteiger partial charge is 0.300 e. The van der Waals surface area contributed by atoms with E-state index in [0.717, 1.165) is 4.90 Å². The molecule has 1 amide bonds. The van der Waals surface area contributed by atoms with E-state index in [-0.39, 0.29) is 48.2 Å². The number of carbonyl (C=O) groups is 2. The van der Waals surface area contributed by atoms with Crippen LogP contribution in [-0.2, 0) is 9.59 Å². The fraction of sp³-hybridized carbons (Fsp3) is 0.0833. The maximum absolute atomic E-state index is 15.0. The normalized spacial score (nSPS) is 17.4. The Labute approximate surface area is 213 Å². The van der Waals surface area contributed by atoms with Crippen LogP contribution in [0.5, 0.6) is 5.75 Å². The zero-order chi connectivity index (χ0) is 24.7. The van der Waals surface area contributed by atoms with Gasteiger partial charge in [-0.2, -0.15) is 0 Å². The van der Waals surface area contributed by atoms with Gasteiger partial charge in [0.15, 0.2) is 0 Å². The van der Waals surface area contributed by atoms with Gasteiger partial charge in [-0.05, 0) is 36.4 Å². The minimum atomic E-state index is -1.35. The van der Waals surface area contributed by atoms with Gasteiger partial charge in [0, 0.05) is 26.3 Å². The lowest BCUT2D eigenvalue weighted by molar-refractivity contribution is -0.132. The number of nitrogens with zero attached hydrogens (tertiary/aromatic N) is 1. The molecule has 1 atom stereocenters. The first-order chi connectivity index (χ1) is 16.1. The first-order valence-electron chi connectivity index (χ1n) is 9.69. The third-order valence-corrected chi connectivity index (χ3v) is 6.17. The first kappa shape index (κ1) is 24.4. The molecule has 174 valence electrons. The number of hydrogen-bond donors (Lipinski definition) is 1.